The van der Waals surface area contributed by atoms with E-state index in [1.54, 1.807) is 0 Å². The lowest BCUT2D eigenvalue weighted by atomic mass is 10.3. The third-order valence-corrected chi connectivity index (χ3v) is 3.86. The molecule has 0 saturated carbocycles. The maximum absolute atomic E-state index is 12.1. The number of nitro benzene ring substituents is 1. The first-order valence-electron chi connectivity index (χ1n) is 6.74. The van der Waals surface area contributed by atoms with Gasteiger partial charge in [0, 0.05) is 12.1 Å². The van der Waals surface area contributed by atoms with E-state index in [-0.39, 0.29) is 18.9 Å². The van der Waals surface area contributed by atoms with Gasteiger partial charge in [0.1, 0.15) is 0 Å². The second-order valence-electron chi connectivity index (χ2n) is 4.19. The number of rotatable bonds is 8. The van der Waals surface area contributed by atoms with E-state index in [0.29, 0.717) is 0 Å². The summed E-state index contributed by atoms with van der Waals surface area (Å²) in [5.41, 5.74) is -0.332. The number of hydrogen-bond acceptors (Lipinski definition) is 9. The number of ether oxygens (including phenoxy) is 2. The molecule has 1 aromatic rings. The van der Waals surface area contributed by atoms with Gasteiger partial charge in [0.2, 0.25) is 0 Å². The Morgan fingerprint density at radius 3 is 1.92 bits per heavy atom. The Bertz CT molecular complexity index is 693. The number of nitro groups is 1. The zero-order valence-electron chi connectivity index (χ0n) is 12.8. The maximum atomic E-state index is 12.1. The van der Waals surface area contributed by atoms with Crippen molar-refractivity contribution in [2.75, 3.05) is 13.2 Å². The lowest BCUT2D eigenvalue weighted by Crippen LogP contribution is -2.38. The van der Waals surface area contributed by atoms with Crippen LogP contribution < -0.4 is 0 Å². The molecule has 0 N–H and O–H groups in total. The number of benzene rings is 1. The molecule has 1 aromatic carbocycles. The normalized spacial score (nSPS) is 11.1. The average Bonchev–Trinajstić information content (AvgIpc) is 2.53. The van der Waals surface area contributed by atoms with Crippen LogP contribution >= 0.6 is 0 Å². The summed E-state index contributed by atoms with van der Waals surface area (Å²) in [7, 11) is -4.55. The van der Waals surface area contributed by atoms with Gasteiger partial charge in [-0.15, -0.1) is 0 Å². The van der Waals surface area contributed by atoms with Crippen LogP contribution in [-0.4, -0.2) is 44.6 Å². The zero-order chi connectivity index (χ0) is 18.3. The molecular formula is C13H15NO9S. The minimum absolute atomic E-state index is 0.102. The molecule has 0 bridgehead atoms. The third-order valence-electron chi connectivity index (χ3n) is 2.56. The number of nitrogens with zero attached hydrogens (tertiary/aromatic N) is 1. The van der Waals surface area contributed by atoms with E-state index in [0.717, 1.165) is 24.3 Å². The summed E-state index contributed by atoms with van der Waals surface area (Å²) in [6.07, 6.45) is -2.12. The molecule has 1 rings (SSSR count). The van der Waals surface area contributed by atoms with Crippen molar-refractivity contribution in [3.05, 3.63) is 34.4 Å². The van der Waals surface area contributed by atoms with Crippen molar-refractivity contribution >= 4 is 27.7 Å². The Labute approximate surface area is 137 Å². The molecule has 132 valence electrons. The van der Waals surface area contributed by atoms with Crippen molar-refractivity contribution in [3.63, 3.8) is 0 Å². The summed E-state index contributed by atoms with van der Waals surface area (Å²) in [5, 5.41) is 10.6. The Morgan fingerprint density at radius 1 is 1.08 bits per heavy atom. The predicted molar refractivity (Wildman–Crippen MR) is 78.4 cm³/mol. The summed E-state index contributed by atoms with van der Waals surface area (Å²) in [4.78, 5) is 32.8. The predicted octanol–water partition coefficient (Wildman–Crippen LogP) is 0.795. The van der Waals surface area contributed by atoms with Gasteiger partial charge in [-0.05, 0) is 26.0 Å². The second-order valence-corrected chi connectivity index (χ2v) is 5.76. The minimum atomic E-state index is -4.55. The highest BCUT2D eigenvalue weighted by molar-refractivity contribution is 7.86. The summed E-state index contributed by atoms with van der Waals surface area (Å²) in [6, 6.07) is 3.72. The standard InChI is InChI=1S/C13H15NO9S/c1-3-21-12(15)11(13(16)22-4-2)23-24(19,20)10-7-5-9(6-8-10)14(17)18/h5-8,11H,3-4H2,1-2H3. The van der Waals surface area contributed by atoms with Crippen LogP contribution in [0.1, 0.15) is 13.8 Å². The molecule has 0 spiro atoms. The SMILES string of the molecule is CCOC(=O)C(OS(=O)(=O)c1ccc([N+](=O)[O-])cc1)C(=O)OCC. The van der Waals surface area contributed by atoms with Crippen LogP contribution in [0.25, 0.3) is 0 Å². The van der Waals surface area contributed by atoms with Crippen LogP contribution in [-0.2, 0) is 33.4 Å². The van der Waals surface area contributed by atoms with Crippen LogP contribution in [0.2, 0.25) is 0 Å². The number of non-ortho nitro benzene ring substituents is 1. The van der Waals surface area contributed by atoms with E-state index in [4.69, 9.17) is 0 Å². The van der Waals surface area contributed by atoms with Gasteiger partial charge >= 0.3 is 11.9 Å². The zero-order valence-corrected chi connectivity index (χ0v) is 13.6. The van der Waals surface area contributed by atoms with Crippen molar-refractivity contribution in [3.8, 4) is 0 Å². The summed E-state index contributed by atoms with van der Waals surface area (Å²) in [5.74, 6) is -2.44. The fraction of sp³-hybridized carbons (Fsp3) is 0.385. The molecule has 0 radical (unpaired) electrons. The second kappa shape index (κ2) is 8.36. The highest BCUT2D eigenvalue weighted by Gasteiger charge is 2.36. The molecule has 0 saturated heterocycles. The molecule has 0 aromatic heterocycles. The molecule has 0 aliphatic heterocycles. The van der Waals surface area contributed by atoms with Gasteiger partial charge in [0.25, 0.3) is 21.9 Å². The van der Waals surface area contributed by atoms with Gasteiger partial charge in [-0.2, -0.15) is 8.42 Å². The number of carbonyl (C=O) groups is 2. The van der Waals surface area contributed by atoms with E-state index < -0.39 is 38.0 Å². The first-order valence-corrected chi connectivity index (χ1v) is 8.14. The van der Waals surface area contributed by atoms with E-state index >= 15 is 0 Å². The highest BCUT2D eigenvalue weighted by Crippen LogP contribution is 2.19. The minimum Gasteiger partial charge on any atom is -0.464 e. The fourth-order valence-corrected chi connectivity index (χ4v) is 2.52. The molecule has 0 heterocycles. The van der Waals surface area contributed by atoms with Crippen molar-refractivity contribution in [1.82, 2.24) is 0 Å². The first-order chi connectivity index (χ1) is 11.2. The van der Waals surface area contributed by atoms with Gasteiger partial charge in [0.15, 0.2) is 0 Å². The molecule has 0 atom stereocenters. The molecular weight excluding hydrogens is 346 g/mol. The van der Waals surface area contributed by atoms with Gasteiger partial charge in [-0.3, -0.25) is 10.1 Å². The number of carbonyl (C=O) groups excluding carboxylic acids is 2. The lowest BCUT2D eigenvalue weighted by molar-refractivity contribution is -0.384. The molecule has 11 heteroatoms. The largest absolute Gasteiger partial charge is 0.464 e. The Balaban J connectivity index is 3.07. The van der Waals surface area contributed by atoms with E-state index in [1.807, 2.05) is 0 Å². The smallest absolute Gasteiger partial charge is 0.348 e. The van der Waals surface area contributed by atoms with E-state index in [2.05, 4.69) is 13.7 Å². The van der Waals surface area contributed by atoms with Gasteiger partial charge in [-0.1, -0.05) is 0 Å². The van der Waals surface area contributed by atoms with Crippen molar-refractivity contribution < 1.29 is 36.6 Å². The van der Waals surface area contributed by atoms with Gasteiger partial charge < -0.3 is 9.47 Å². The third kappa shape index (κ3) is 4.99. The average molecular weight is 361 g/mol. The van der Waals surface area contributed by atoms with Gasteiger partial charge in [0.05, 0.1) is 23.0 Å². The summed E-state index contributed by atoms with van der Waals surface area (Å²) in [6.45, 7) is 2.72. The number of hydrogen-bond donors (Lipinski definition) is 0. The van der Waals surface area contributed by atoms with Crippen molar-refractivity contribution in [1.29, 1.82) is 0 Å². The monoisotopic (exact) mass is 361 g/mol. The van der Waals surface area contributed by atoms with Crippen LogP contribution in [0.3, 0.4) is 0 Å². The molecule has 0 unspecified atom stereocenters. The molecule has 0 fully saturated rings. The van der Waals surface area contributed by atoms with Crippen LogP contribution in [0, 0.1) is 10.1 Å². The van der Waals surface area contributed by atoms with Crippen LogP contribution in [0.4, 0.5) is 5.69 Å². The molecule has 0 amide bonds. The Morgan fingerprint density at radius 2 is 1.54 bits per heavy atom. The first kappa shape index (κ1) is 19.5. The molecule has 24 heavy (non-hydrogen) atoms. The molecule has 0 aliphatic carbocycles. The van der Waals surface area contributed by atoms with Gasteiger partial charge in [-0.25, -0.2) is 13.8 Å². The fourth-order valence-electron chi connectivity index (χ4n) is 1.53. The maximum Gasteiger partial charge on any atom is 0.348 e. The summed E-state index contributed by atoms with van der Waals surface area (Å²) < 4.78 is 38.0. The van der Waals surface area contributed by atoms with Crippen LogP contribution in [0.5, 0.6) is 0 Å². The summed E-state index contributed by atoms with van der Waals surface area (Å²) >= 11 is 0. The Kier molecular flexibility index (Phi) is 6.80. The number of esters is 2. The molecule has 0 aliphatic rings. The molecule has 10 nitrogen and oxygen atoms in total. The quantitative estimate of drug-likeness (QED) is 0.216. The van der Waals surface area contributed by atoms with Crippen molar-refractivity contribution in [2.24, 2.45) is 0 Å². The Hall–Kier alpha value is -2.53. The van der Waals surface area contributed by atoms with Crippen LogP contribution in [0.15, 0.2) is 29.2 Å². The van der Waals surface area contributed by atoms with Crippen molar-refractivity contribution in [2.45, 2.75) is 24.8 Å². The topological polar surface area (TPSA) is 139 Å². The highest BCUT2D eigenvalue weighted by atomic mass is 32.2. The lowest BCUT2D eigenvalue weighted by Gasteiger charge is -2.14. The van der Waals surface area contributed by atoms with E-state index in [1.165, 1.54) is 13.8 Å². The van der Waals surface area contributed by atoms with E-state index in [9.17, 15) is 28.1 Å².